The van der Waals surface area contributed by atoms with E-state index in [1.54, 1.807) is 0 Å². The summed E-state index contributed by atoms with van der Waals surface area (Å²) in [6.45, 7) is 23.1. The molecule has 0 bridgehead atoms. The largest absolute Gasteiger partial charge is 0.381 e. The molecule has 1 fully saturated rings. The quantitative estimate of drug-likeness (QED) is 0.175. The third-order valence-electron chi connectivity index (χ3n) is 8.13. The molecule has 0 atom stereocenters. The van der Waals surface area contributed by atoms with Crippen molar-refractivity contribution in [2.75, 3.05) is 44.8 Å². The highest BCUT2D eigenvalue weighted by molar-refractivity contribution is 5.73. The Hall–Kier alpha value is -2.73. The molecule has 2 heterocycles. The second kappa shape index (κ2) is 16.6. The van der Waals surface area contributed by atoms with Crippen LogP contribution in [-0.4, -0.2) is 50.9 Å². The molecule has 1 aromatic carbocycles. The highest BCUT2D eigenvalue weighted by atomic mass is 16.5. The minimum atomic E-state index is 0.499. The number of allylic oxidation sites excluding steroid dienone is 5. The van der Waals surface area contributed by atoms with Gasteiger partial charge in [-0.25, -0.2) is 0 Å². The Morgan fingerprint density at radius 2 is 1.80 bits per heavy atom. The molecule has 0 aliphatic carbocycles. The van der Waals surface area contributed by atoms with Gasteiger partial charge in [-0.15, -0.1) is 0 Å². The Morgan fingerprint density at radius 3 is 2.41 bits per heavy atom. The first-order valence-electron chi connectivity index (χ1n) is 15.5. The Bertz CT molecular complexity index is 1180. The fraction of sp³-hybridized carbons (Fsp3) is 0.528. The van der Waals surface area contributed by atoms with E-state index in [9.17, 15) is 0 Å². The zero-order valence-electron chi connectivity index (χ0n) is 26.8. The third-order valence-corrected chi connectivity index (χ3v) is 8.13. The Morgan fingerprint density at radius 1 is 1.07 bits per heavy atom. The maximum atomic E-state index is 5.71. The minimum Gasteiger partial charge on any atom is -0.381 e. The average Bonchev–Trinajstić information content (AvgIpc) is 2.95. The molecule has 0 spiro atoms. The molecule has 2 N–H and O–H groups in total. The molecule has 0 saturated carbocycles. The van der Waals surface area contributed by atoms with Crippen LogP contribution in [0.5, 0.6) is 0 Å². The zero-order chi connectivity index (χ0) is 29.8. The maximum absolute atomic E-state index is 5.71. The maximum Gasteiger partial charge on any atom is 0.0542 e. The molecule has 224 valence electrons. The average molecular weight is 559 g/mol. The smallest absolute Gasteiger partial charge is 0.0542 e. The van der Waals surface area contributed by atoms with Gasteiger partial charge in [0, 0.05) is 49.8 Å². The number of unbranched alkanes of at least 4 members (excludes halogenated alkanes) is 1. The molecule has 0 amide bonds. The van der Waals surface area contributed by atoms with E-state index in [4.69, 9.17) is 9.72 Å². The van der Waals surface area contributed by atoms with Crippen LogP contribution < -0.4 is 15.5 Å². The number of pyridine rings is 1. The van der Waals surface area contributed by atoms with Gasteiger partial charge in [0.25, 0.3) is 0 Å². The van der Waals surface area contributed by atoms with Crippen molar-refractivity contribution in [1.29, 1.82) is 0 Å². The lowest BCUT2D eigenvalue weighted by atomic mass is 9.89. The summed E-state index contributed by atoms with van der Waals surface area (Å²) < 4.78 is 5.71. The van der Waals surface area contributed by atoms with Crippen molar-refractivity contribution in [1.82, 2.24) is 15.6 Å². The molecule has 0 unspecified atom stereocenters. The van der Waals surface area contributed by atoms with E-state index in [-0.39, 0.29) is 0 Å². The van der Waals surface area contributed by atoms with E-state index in [0.29, 0.717) is 6.04 Å². The number of rotatable bonds is 15. The monoisotopic (exact) mass is 558 g/mol. The number of hydrogen-bond donors (Lipinski definition) is 2. The van der Waals surface area contributed by atoms with Crippen molar-refractivity contribution in [2.45, 2.75) is 86.2 Å². The van der Waals surface area contributed by atoms with Crippen molar-refractivity contribution in [3.63, 3.8) is 0 Å². The molecule has 5 nitrogen and oxygen atoms in total. The highest BCUT2D eigenvalue weighted by Gasteiger charge is 2.24. The van der Waals surface area contributed by atoms with E-state index in [1.807, 2.05) is 13.2 Å². The fourth-order valence-electron chi connectivity index (χ4n) is 5.83. The molecular formula is C36H54N4O. The van der Waals surface area contributed by atoms with Crippen molar-refractivity contribution in [3.05, 3.63) is 82.2 Å². The van der Waals surface area contributed by atoms with Crippen molar-refractivity contribution in [3.8, 4) is 11.1 Å². The van der Waals surface area contributed by atoms with Crippen molar-refractivity contribution in [2.24, 2.45) is 0 Å². The van der Waals surface area contributed by atoms with Gasteiger partial charge in [-0.3, -0.25) is 4.98 Å². The number of aromatic nitrogens is 1. The van der Waals surface area contributed by atoms with E-state index in [2.05, 4.69) is 94.0 Å². The predicted octanol–water partition coefficient (Wildman–Crippen LogP) is 7.55. The lowest BCUT2D eigenvalue weighted by Gasteiger charge is -2.37. The van der Waals surface area contributed by atoms with E-state index < -0.39 is 0 Å². The number of benzene rings is 1. The minimum absolute atomic E-state index is 0.499. The van der Waals surface area contributed by atoms with Crippen LogP contribution in [0, 0.1) is 6.92 Å². The normalized spacial score (nSPS) is 14.5. The second-order valence-electron chi connectivity index (χ2n) is 11.8. The topological polar surface area (TPSA) is 49.4 Å². The van der Waals surface area contributed by atoms with Gasteiger partial charge in [0.05, 0.1) is 5.69 Å². The lowest BCUT2D eigenvalue weighted by Crippen LogP contribution is -2.40. The van der Waals surface area contributed by atoms with E-state index >= 15 is 0 Å². The van der Waals surface area contributed by atoms with Crippen LogP contribution in [0.1, 0.15) is 77.1 Å². The van der Waals surface area contributed by atoms with Gasteiger partial charge in [-0.05, 0) is 134 Å². The first-order valence-corrected chi connectivity index (χ1v) is 15.5. The van der Waals surface area contributed by atoms with Gasteiger partial charge in [-0.2, -0.15) is 0 Å². The first kappa shape index (κ1) is 32.8. The van der Waals surface area contributed by atoms with Crippen molar-refractivity contribution < 1.29 is 4.74 Å². The van der Waals surface area contributed by atoms with Crippen LogP contribution in [0.3, 0.4) is 0 Å². The second-order valence-corrected chi connectivity index (χ2v) is 11.8. The van der Waals surface area contributed by atoms with Gasteiger partial charge in [0.1, 0.15) is 0 Å². The van der Waals surface area contributed by atoms with Gasteiger partial charge in [0.15, 0.2) is 0 Å². The number of hydrogen-bond acceptors (Lipinski definition) is 5. The summed E-state index contributed by atoms with van der Waals surface area (Å²) in [6, 6.07) is 9.67. The summed E-state index contributed by atoms with van der Waals surface area (Å²) in [7, 11) is 2.01. The third kappa shape index (κ3) is 9.66. The molecule has 1 aromatic heterocycles. The number of nitrogens with one attached hydrogen (secondary N) is 2. The van der Waals surface area contributed by atoms with Crippen LogP contribution in [0.4, 0.5) is 5.69 Å². The van der Waals surface area contributed by atoms with Crippen LogP contribution in [0.2, 0.25) is 0 Å². The molecular weight excluding hydrogens is 504 g/mol. The molecule has 3 rings (SSSR count). The lowest BCUT2D eigenvalue weighted by molar-refractivity contribution is 0.0846. The standard InChI is InChI=1S/C36H54N4O/c1-9-40(34-14-18-41-19-15-34)36-23-32(30-12-13-33(39-24-30)25-38-17-11-10-16-37-8)21-31(29(36)7)22-35(27(4)5)28(6)20-26(2)3/h12-13,20-21,23-24,34,37-38H,4,9-11,14-19,22,25H2,1-3,5-8H3/b35-28-. The van der Waals surface area contributed by atoms with Gasteiger partial charge in [-0.1, -0.05) is 35.9 Å². The van der Waals surface area contributed by atoms with E-state index in [0.717, 1.165) is 75.5 Å². The predicted molar refractivity (Wildman–Crippen MR) is 177 cm³/mol. The van der Waals surface area contributed by atoms with Gasteiger partial charge < -0.3 is 20.3 Å². The summed E-state index contributed by atoms with van der Waals surface area (Å²) in [4.78, 5) is 7.45. The summed E-state index contributed by atoms with van der Waals surface area (Å²) in [5.41, 5.74) is 12.6. The summed E-state index contributed by atoms with van der Waals surface area (Å²) >= 11 is 0. The first-order chi connectivity index (χ1) is 19.7. The molecule has 2 aromatic rings. The fourth-order valence-corrected chi connectivity index (χ4v) is 5.83. The van der Waals surface area contributed by atoms with Crippen molar-refractivity contribution >= 4 is 5.69 Å². The molecule has 1 saturated heterocycles. The summed E-state index contributed by atoms with van der Waals surface area (Å²) in [6.07, 6.45) is 9.69. The molecule has 0 radical (unpaired) electrons. The number of nitrogens with zero attached hydrogens (tertiary/aromatic N) is 2. The molecule has 1 aliphatic heterocycles. The van der Waals surface area contributed by atoms with Crippen LogP contribution in [-0.2, 0) is 17.7 Å². The Labute approximate surface area is 250 Å². The molecule has 41 heavy (non-hydrogen) atoms. The van der Waals surface area contributed by atoms with Crippen LogP contribution >= 0.6 is 0 Å². The zero-order valence-corrected chi connectivity index (χ0v) is 26.8. The van der Waals surface area contributed by atoms with Crippen LogP contribution in [0.15, 0.2) is 65.4 Å². The van der Waals surface area contributed by atoms with Gasteiger partial charge >= 0.3 is 0 Å². The summed E-state index contributed by atoms with van der Waals surface area (Å²) in [5.74, 6) is 0. The SMILES string of the molecule is C=C(C)/C(Cc1cc(-c2ccc(CNCCCCNC)nc2)cc(N(CC)C2CCOCC2)c1C)=C(/C)C=C(C)C. The van der Waals surface area contributed by atoms with E-state index in [1.165, 1.54) is 51.9 Å². The highest BCUT2D eigenvalue weighted by Crippen LogP contribution is 2.35. The van der Waals surface area contributed by atoms with Crippen LogP contribution in [0.25, 0.3) is 11.1 Å². The van der Waals surface area contributed by atoms with Gasteiger partial charge in [0.2, 0.25) is 0 Å². The number of ether oxygens (including phenoxy) is 1. The summed E-state index contributed by atoms with van der Waals surface area (Å²) in [5, 5.41) is 6.74. The Kier molecular flexibility index (Phi) is 13.3. The molecule has 5 heteroatoms. The number of anilines is 1. The Balaban J connectivity index is 1.98. The molecule has 1 aliphatic rings.